The number of anilines is 1. The van der Waals surface area contributed by atoms with E-state index < -0.39 is 0 Å². The zero-order valence-electron chi connectivity index (χ0n) is 13.1. The molecule has 0 fully saturated rings. The lowest BCUT2D eigenvalue weighted by atomic mass is 10.2. The van der Waals surface area contributed by atoms with Crippen LogP contribution in [0.25, 0.3) is 0 Å². The number of carbonyl (C=O) groups excluding carboxylic acids is 2. The highest BCUT2D eigenvalue weighted by Crippen LogP contribution is 2.31. The number of ether oxygens (including phenoxy) is 1. The second kappa shape index (κ2) is 8.41. The van der Waals surface area contributed by atoms with Gasteiger partial charge in [-0.15, -0.1) is 0 Å². The Morgan fingerprint density at radius 3 is 2.91 bits per heavy atom. The molecule has 1 N–H and O–H groups in total. The fraction of sp³-hybridized carbons (Fsp3) is 0.529. The third-order valence-corrected chi connectivity index (χ3v) is 3.72. The Bertz CT molecular complexity index is 516. The van der Waals surface area contributed by atoms with Crippen molar-refractivity contribution in [3.8, 4) is 5.75 Å². The summed E-state index contributed by atoms with van der Waals surface area (Å²) < 4.78 is 5.38. The Hall–Kier alpha value is -2.04. The highest BCUT2D eigenvalue weighted by atomic mass is 16.5. The van der Waals surface area contributed by atoms with Gasteiger partial charge < -0.3 is 15.0 Å². The number of para-hydroxylation sites is 2. The molecule has 0 saturated heterocycles. The van der Waals surface area contributed by atoms with Gasteiger partial charge in [0, 0.05) is 19.5 Å². The van der Waals surface area contributed by atoms with Crippen LogP contribution < -0.4 is 15.0 Å². The zero-order chi connectivity index (χ0) is 15.8. The summed E-state index contributed by atoms with van der Waals surface area (Å²) >= 11 is 0. The molecule has 0 aliphatic carbocycles. The number of rotatable bonds is 8. The average molecular weight is 304 g/mol. The smallest absolute Gasteiger partial charge is 0.265 e. The molecule has 0 unspecified atom stereocenters. The Balaban J connectivity index is 1.79. The monoisotopic (exact) mass is 304 g/mol. The van der Waals surface area contributed by atoms with Crippen molar-refractivity contribution in [1.29, 1.82) is 0 Å². The van der Waals surface area contributed by atoms with Gasteiger partial charge in [-0.1, -0.05) is 38.3 Å². The van der Waals surface area contributed by atoms with Gasteiger partial charge in [-0.3, -0.25) is 9.59 Å². The van der Waals surface area contributed by atoms with Crippen LogP contribution in [0.5, 0.6) is 5.75 Å². The molecule has 120 valence electrons. The van der Waals surface area contributed by atoms with Crippen molar-refractivity contribution in [2.45, 2.75) is 39.0 Å². The summed E-state index contributed by atoms with van der Waals surface area (Å²) in [7, 11) is 0. The molecular formula is C17H24N2O3. The van der Waals surface area contributed by atoms with Crippen LogP contribution in [0.1, 0.15) is 39.0 Å². The Kier molecular flexibility index (Phi) is 6.25. The van der Waals surface area contributed by atoms with Gasteiger partial charge in [0.25, 0.3) is 5.91 Å². The Morgan fingerprint density at radius 2 is 2.09 bits per heavy atom. The van der Waals surface area contributed by atoms with E-state index in [2.05, 4.69) is 12.2 Å². The summed E-state index contributed by atoms with van der Waals surface area (Å²) in [6.07, 6.45) is 4.86. The van der Waals surface area contributed by atoms with E-state index in [0.717, 1.165) is 18.5 Å². The van der Waals surface area contributed by atoms with Crippen molar-refractivity contribution in [2.75, 3.05) is 24.6 Å². The SMILES string of the molecule is CCCCCCNC(=O)CCN1C(=O)COc2ccccc21. The van der Waals surface area contributed by atoms with Gasteiger partial charge in [-0.25, -0.2) is 0 Å². The number of amides is 2. The van der Waals surface area contributed by atoms with Gasteiger partial charge in [-0.2, -0.15) is 0 Å². The second-order valence-corrected chi connectivity index (χ2v) is 5.46. The van der Waals surface area contributed by atoms with E-state index >= 15 is 0 Å². The highest BCUT2D eigenvalue weighted by molar-refractivity contribution is 5.98. The third kappa shape index (κ3) is 4.48. The lowest BCUT2D eigenvalue weighted by Gasteiger charge is -2.29. The summed E-state index contributed by atoms with van der Waals surface area (Å²) in [5.41, 5.74) is 0.745. The highest BCUT2D eigenvalue weighted by Gasteiger charge is 2.25. The molecule has 1 aliphatic rings. The Morgan fingerprint density at radius 1 is 1.27 bits per heavy atom. The molecule has 5 heteroatoms. The fourth-order valence-corrected chi connectivity index (χ4v) is 2.48. The van der Waals surface area contributed by atoms with Crippen molar-refractivity contribution < 1.29 is 14.3 Å². The molecule has 1 aromatic carbocycles. The van der Waals surface area contributed by atoms with E-state index in [1.807, 2.05) is 24.3 Å². The van der Waals surface area contributed by atoms with Crippen LogP contribution in [-0.2, 0) is 9.59 Å². The Labute approximate surface area is 131 Å². The van der Waals surface area contributed by atoms with Crippen molar-refractivity contribution in [2.24, 2.45) is 0 Å². The number of benzene rings is 1. The number of nitrogens with one attached hydrogen (secondary N) is 1. The minimum atomic E-state index is -0.102. The van der Waals surface area contributed by atoms with Crippen molar-refractivity contribution in [1.82, 2.24) is 5.32 Å². The predicted molar refractivity (Wildman–Crippen MR) is 86.1 cm³/mol. The summed E-state index contributed by atoms with van der Waals surface area (Å²) in [6, 6.07) is 7.41. The number of hydrogen-bond acceptors (Lipinski definition) is 3. The van der Waals surface area contributed by atoms with Crippen LogP contribution in [0.2, 0.25) is 0 Å². The molecule has 2 amide bonds. The van der Waals surface area contributed by atoms with E-state index in [9.17, 15) is 9.59 Å². The largest absolute Gasteiger partial charge is 0.482 e. The first-order valence-electron chi connectivity index (χ1n) is 8.01. The number of carbonyl (C=O) groups is 2. The maximum Gasteiger partial charge on any atom is 0.265 e. The molecule has 5 nitrogen and oxygen atoms in total. The van der Waals surface area contributed by atoms with E-state index in [4.69, 9.17) is 4.74 Å². The van der Waals surface area contributed by atoms with Gasteiger partial charge in [0.1, 0.15) is 5.75 Å². The van der Waals surface area contributed by atoms with Crippen LogP contribution in [0.15, 0.2) is 24.3 Å². The lowest BCUT2D eigenvalue weighted by molar-refractivity contribution is -0.122. The number of nitrogens with zero attached hydrogens (tertiary/aromatic N) is 1. The van der Waals surface area contributed by atoms with Gasteiger partial charge in [0.05, 0.1) is 5.69 Å². The second-order valence-electron chi connectivity index (χ2n) is 5.46. The predicted octanol–water partition coefficient (Wildman–Crippen LogP) is 2.50. The molecule has 0 aromatic heterocycles. The van der Waals surface area contributed by atoms with Crippen LogP contribution in [0.4, 0.5) is 5.69 Å². The minimum absolute atomic E-state index is 0.00623. The van der Waals surface area contributed by atoms with Gasteiger partial charge >= 0.3 is 0 Å². The normalized spacial score (nSPS) is 13.5. The number of fused-ring (bicyclic) bond motifs is 1. The van der Waals surface area contributed by atoms with Gasteiger partial charge in [0.15, 0.2) is 6.61 Å². The quantitative estimate of drug-likeness (QED) is 0.751. The average Bonchev–Trinajstić information content (AvgIpc) is 2.53. The molecule has 1 aromatic rings. The summed E-state index contributed by atoms with van der Waals surface area (Å²) in [5, 5.41) is 2.91. The molecular weight excluding hydrogens is 280 g/mol. The van der Waals surface area contributed by atoms with Gasteiger partial charge in [0.2, 0.25) is 5.91 Å². The molecule has 0 spiro atoms. The van der Waals surface area contributed by atoms with E-state index in [-0.39, 0.29) is 18.4 Å². The number of unbranched alkanes of at least 4 members (excludes halogenated alkanes) is 3. The first-order chi connectivity index (χ1) is 10.7. The first kappa shape index (κ1) is 16.3. The number of hydrogen-bond donors (Lipinski definition) is 1. The summed E-state index contributed by atoms with van der Waals surface area (Å²) in [4.78, 5) is 25.5. The van der Waals surface area contributed by atoms with Crippen molar-refractivity contribution >= 4 is 17.5 Å². The topological polar surface area (TPSA) is 58.6 Å². The van der Waals surface area contributed by atoms with Gasteiger partial charge in [-0.05, 0) is 18.6 Å². The molecule has 0 radical (unpaired) electrons. The zero-order valence-corrected chi connectivity index (χ0v) is 13.1. The van der Waals surface area contributed by atoms with E-state index in [1.165, 1.54) is 12.8 Å². The van der Waals surface area contributed by atoms with Crippen LogP contribution in [0, 0.1) is 0 Å². The fourth-order valence-electron chi connectivity index (χ4n) is 2.48. The maximum absolute atomic E-state index is 12.0. The van der Waals surface area contributed by atoms with Crippen molar-refractivity contribution in [3.05, 3.63) is 24.3 Å². The lowest BCUT2D eigenvalue weighted by Crippen LogP contribution is -2.41. The first-order valence-corrected chi connectivity index (χ1v) is 8.01. The van der Waals surface area contributed by atoms with Crippen LogP contribution in [-0.4, -0.2) is 31.5 Å². The third-order valence-electron chi connectivity index (χ3n) is 3.72. The van der Waals surface area contributed by atoms with Crippen LogP contribution in [0.3, 0.4) is 0 Å². The molecule has 22 heavy (non-hydrogen) atoms. The molecule has 0 saturated carbocycles. The van der Waals surface area contributed by atoms with E-state index in [1.54, 1.807) is 4.90 Å². The molecule has 1 heterocycles. The summed E-state index contributed by atoms with van der Waals surface area (Å²) in [5.74, 6) is 0.588. The van der Waals surface area contributed by atoms with E-state index in [0.29, 0.717) is 25.3 Å². The summed E-state index contributed by atoms with van der Waals surface area (Å²) in [6.45, 7) is 3.30. The minimum Gasteiger partial charge on any atom is -0.482 e. The molecule has 1 aliphatic heterocycles. The molecule has 0 bridgehead atoms. The van der Waals surface area contributed by atoms with Crippen LogP contribution >= 0.6 is 0 Å². The molecule has 2 rings (SSSR count). The maximum atomic E-state index is 12.0. The van der Waals surface area contributed by atoms with Crippen molar-refractivity contribution in [3.63, 3.8) is 0 Å². The molecule has 0 atom stereocenters. The standard InChI is InChI=1S/C17H24N2O3/c1-2-3-4-7-11-18-16(20)10-12-19-14-8-5-6-9-15(14)22-13-17(19)21/h5-6,8-9H,2-4,7,10-13H2,1H3,(H,18,20).